The van der Waals surface area contributed by atoms with Gasteiger partial charge in [-0.1, -0.05) is 12.1 Å². The lowest BCUT2D eigenvalue weighted by Gasteiger charge is -2.19. The molecule has 0 amide bonds. The average molecular weight is 448 g/mol. The maximum atomic E-state index is 11.5. The second-order valence-corrected chi connectivity index (χ2v) is 8.90. The first-order chi connectivity index (χ1) is 14.1. The van der Waals surface area contributed by atoms with Crippen LogP contribution in [-0.4, -0.2) is 66.2 Å². The third kappa shape index (κ3) is 12.8. The summed E-state index contributed by atoms with van der Waals surface area (Å²) >= 11 is 0. The van der Waals surface area contributed by atoms with E-state index in [1.165, 1.54) is 12.1 Å². The topological polar surface area (TPSA) is 123 Å². The number of carbonyl (C=O) groups is 1. The second-order valence-electron chi connectivity index (χ2n) is 7.37. The number of rotatable bonds is 15. The van der Waals surface area contributed by atoms with Crippen LogP contribution in [0, 0.1) is 0 Å². The van der Waals surface area contributed by atoms with Gasteiger partial charge in [-0.25, -0.2) is 13.6 Å². The van der Waals surface area contributed by atoms with Gasteiger partial charge in [-0.05, 0) is 39.3 Å². The highest BCUT2D eigenvalue weighted by molar-refractivity contribution is 7.89. The van der Waals surface area contributed by atoms with E-state index in [4.69, 9.17) is 28.8 Å². The fraction of sp³-hybridized carbons (Fsp3) is 0.650. The average Bonchev–Trinajstić information content (AvgIpc) is 2.63. The van der Waals surface area contributed by atoms with Gasteiger partial charge in [-0.2, -0.15) is 0 Å². The number of hydrogen-bond donors (Lipinski definition) is 1. The van der Waals surface area contributed by atoms with Gasteiger partial charge in [0.05, 0.1) is 33.0 Å². The summed E-state index contributed by atoms with van der Waals surface area (Å²) in [7, 11) is -3.83. The van der Waals surface area contributed by atoms with E-state index >= 15 is 0 Å². The Morgan fingerprint density at radius 3 is 2.00 bits per heavy atom. The molecule has 0 atom stereocenters. The van der Waals surface area contributed by atoms with Crippen LogP contribution in [0.4, 0.5) is 0 Å². The summed E-state index contributed by atoms with van der Waals surface area (Å²) in [5.74, 6) is -0.0275. The third-order valence-corrected chi connectivity index (χ3v) is 4.42. The van der Waals surface area contributed by atoms with Crippen molar-refractivity contribution in [3.63, 3.8) is 0 Å². The van der Waals surface area contributed by atoms with Crippen molar-refractivity contribution in [2.75, 3.05) is 46.2 Å². The highest BCUT2D eigenvalue weighted by atomic mass is 32.2. The molecule has 0 unspecified atom stereocenters. The van der Waals surface area contributed by atoms with E-state index in [2.05, 4.69) is 0 Å². The van der Waals surface area contributed by atoms with E-state index in [1.54, 1.807) is 12.1 Å². The van der Waals surface area contributed by atoms with Crippen LogP contribution in [-0.2, 0) is 33.8 Å². The maximum Gasteiger partial charge on any atom is 0.306 e. The van der Waals surface area contributed by atoms with Crippen molar-refractivity contribution < 1.29 is 36.9 Å². The summed E-state index contributed by atoms with van der Waals surface area (Å²) in [4.78, 5) is 11.5. The number of nitrogens with two attached hydrogens (primary N) is 1. The molecule has 0 aromatic heterocycles. The molecule has 1 aromatic rings. The van der Waals surface area contributed by atoms with Crippen LogP contribution < -0.4 is 9.88 Å². The molecule has 172 valence electrons. The van der Waals surface area contributed by atoms with Crippen LogP contribution in [0.1, 0.15) is 33.6 Å². The van der Waals surface area contributed by atoms with Gasteiger partial charge >= 0.3 is 5.97 Å². The number of carbonyl (C=O) groups excluding carboxylic acids is 1. The van der Waals surface area contributed by atoms with Crippen LogP contribution in [0.2, 0.25) is 0 Å². The van der Waals surface area contributed by atoms with Crippen molar-refractivity contribution in [2.24, 2.45) is 5.14 Å². The van der Waals surface area contributed by atoms with Crippen LogP contribution in [0.25, 0.3) is 0 Å². The Morgan fingerprint density at radius 1 is 0.900 bits per heavy atom. The maximum absolute atomic E-state index is 11.5. The summed E-state index contributed by atoms with van der Waals surface area (Å²) in [6.45, 7) is 8.08. The fourth-order valence-corrected chi connectivity index (χ4v) is 2.94. The number of ether oxygens (including phenoxy) is 5. The molecular formula is C20H33NO8S. The molecule has 1 aromatic carbocycles. The standard InChI is InChI=1S/C20H33NO8S/c1-20(2,3)29-19(22)9-6-10-25-11-12-26-13-14-27-15-16-28-17-7-4-5-8-18(17)30(21,23)24/h4-5,7-8H,6,9-16H2,1-3H3,(H2,21,23,24). The zero-order valence-electron chi connectivity index (χ0n) is 17.9. The summed E-state index contributed by atoms with van der Waals surface area (Å²) < 4.78 is 49.7. The summed E-state index contributed by atoms with van der Waals surface area (Å²) in [5.41, 5.74) is -0.463. The van der Waals surface area contributed by atoms with Gasteiger partial charge < -0.3 is 23.7 Å². The zero-order chi connectivity index (χ0) is 22.5. The molecule has 0 spiro atoms. The summed E-state index contributed by atoms with van der Waals surface area (Å²) in [6.07, 6.45) is 0.933. The van der Waals surface area contributed by atoms with E-state index in [1.807, 2.05) is 20.8 Å². The van der Waals surface area contributed by atoms with Gasteiger partial charge in [0.25, 0.3) is 0 Å². The fourth-order valence-electron chi connectivity index (χ4n) is 2.27. The first-order valence-electron chi connectivity index (χ1n) is 9.79. The van der Waals surface area contributed by atoms with Crippen LogP contribution in [0.3, 0.4) is 0 Å². The minimum Gasteiger partial charge on any atom is -0.490 e. The lowest BCUT2D eigenvalue weighted by atomic mass is 10.2. The number of hydrogen-bond acceptors (Lipinski definition) is 8. The van der Waals surface area contributed by atoms with Crippen molar-refractivity contribution in [3.05, 3.63) is 24.3 Å². The molecule has 0 aliphatic carbocycles. The number of benzene rings is 1. The van der Waals surface area contributed by atoms with Crippen molar-refractivity contribution in [1.82, 2.24) is 0 Å². The second kappa shape index (κ2) is 13.6. The molecule has 0 aliphatic rings. The monoisotopic (exact) mass is 447 g/mol. The molecule has 0 saturated heterocycles. The molecule has 0 bridgehead atoms. The van der Waals surface area contributed by atoms with Gasteiger partial charge in [0.2, 0.25) is 10.0 Å². The van der Waals surface area contributed by atoms with Crippen molar-refractivity contribution in [2.45, 2.75) is 44.1 Å². The Bertz CT molecular complexity index is 731. The highest BCUT2D eigenvalue weighted by Crippen LogP contribution is 2.21. The van der Waals surface area contributed by atoms with Crippen LogP contribution in [0.5, 0.6) is 5.75 Å². The van der Waals surface area contributed by atoms with Crippen molar-refractivity contribution in [1.29, 1.82) is 0 Å². The van der Waals surface area contributed by atoms with Gasteiger partial charge in [0.15, 0.2) is 0 Å². The van der Waals surface area contributed by atoms with E-state index in [-0.39, 0.29) is 29.8 Å². The Morgan fingerprint density at radius 2 is 1.43 bits per heavy atom. The largest absolute Gasteiger partial charge is 0.490 e. The van der Waals surface area contributed by atoms with Crippen LogP contribution in [0.15, 0.2) is 29.2 Å². The van der Waals surface area contributed by atoms with Gasteiger partial charge in [0.1, 0.15) is 22.9 Å². The Labute approximate surface area is 178 Å². The first kappa shape index (κ1) is 26.3. The minimum atomic E-state index is -3.83. The normalized spacial score (nSPS) is 12.0. The van der Waals surface area contributed by atoms with Gasteiger partial charge in [0, 0.05) is 13.0 Å². The molecule has 2 N–H and O–H groups in total. The molecule has 0 fully saturated rings. The molecule has 0 radical (unpaired) electrons. The summed E-state index contributed by atoms with van der Waals surface area (Å²) in [5, 5.41) is 5.14. The highest BCUT2D eigenvalue weighted by Gasteiger charge is 2.15. The Hall–Kier alpha value is -1.72. The zero-order valence-corrected chi connectivity index (χ0v) is 18.7. The molecular weight excluding hydrogens is 414 g/mol. The molecule has 30 heavy (non-hydrogen) atoms. The smallest absolute Gasteiger partial charge is 0.306 e. The number of sulfonamides is 1. The van der Waals surface area contributed by atoms with Crippen LogP contribution >= 0.6 is 0 Å². The molecule has 0 saturated carbocycles. The molecule has 0 aliphatic heterocycles. The quantitative estimate of drug-likeness (QED) is 0.319. The van der Waals surface area contributed by atoms with E-state index < -0.39 is 15.6 Å². The Kier molecular flexibility index (Phi) is 11.9. The van der Waals surface area contributed by atoms with Crippen molar-refractivity contribution in [3.8, 4) is 5.75 Å². The lowest BCUT2D eigenvalue weighted by Crippen LogP contribution is -2.23. The number of primary sulfonamides is 1. The number of esters is 1. The third-order valence-electron chi connectivity index (χ3n) is 3.47. The predicted octanol–water partition coefficient (Wildman–Crippen LogP) is 1.88. The Balaban J connectivity index is 1.96. The van der Waals surface area contributed by atoms with E-state index in [9.17, 15) is 13.2 Å². The number of para-hydroxylation sites is 1. The first-order valence-corrected chi connectivity index (χ1v) is 11.3. The lowest BCUT2D eigenvalue weighted by molar-refractivity contribution is -0.155. The molecule has 0 heterocycles. The molecule has 9 nitrogen and oxygen atoms in total. The SMILES string of the molecule is CC(C)(C)OC(=O)CCCOCCOCCOCCOc1ccccc1S(N)(=O)=O. The molecule has 1 rings (SSSR count). The minimum absolute atomic E-state index is 0.0561. The summed E-state index contributed by atoms with van der Waals surface area (Å²) in [6, 6.07) is 6.17. The van der Waals surface area contributed by atoms with Gasteiger partial charge in [-0.15, -0.1) is 0 Å². The van der Waals surface area contributed by atoms with E-state index in [0.717, 1.165) is 0 Å². The molecule has 10 heteroatoms. The van der Waals surface area contributed by atoms with Gasteiger partial charge in [-0.3, -0.25) is 4.79 Å². The van der Waals surface area contributed by atoms with E-state index in [0.29, 0.717) is 45.9 Å². The predicted molar refractivity (Wildman–Crippen MR) is 111 cm³/mol. The van der Waals surface area contributed by atoms with Crippen molar-refractivity contribution >= 4 is 16.0 Å².